The molecule has 118 valence electrons. The van der Waals surface area contributed by atoms with Crippen LogP contribution in [0.2, 0.25) is 0 Å². The highest BCUT2D eigenvalue weighted by molar-refractivity contribution is 5.67. The molecule has 0 saturated carbocycles. The molecule has 8 nitrogen and oxygen atoms in total. The second-order valence-corrected chi connectivity index (χ2v) is 5.91. The van der Waals surface area contributed by atoms with Gasteiger partial charge in [-0.1, -0.05) is 24.3 Å². The smallest absolute Gasteiger partial charge is 0.424 e. The summed E-state index contributed by atoms with van der Waals surface area (Å²) in [5, 5.41) is 12.9. The summed E-state index contributed by atoms with van der Waals surface area (Å²) in [4.78, 5) is 13.2. The van der Waals surface area contributed by atoms with E-state index < -0.39 is 11.7 Å². The minimum atomic E-state index is -0.573. The predicted octanol–water partition coefficient (Wildman–Crippen LogP) is 1.49. The molecule has 0 bridgehead atoms. The topological polar surface area (TPSA) is 99.2 Å². The Hall–Kier alpha value is -2.48. The van der Waals surface area contributed by atoms with Crippen molar-refractivity contribution in [3.05, 3.63) is 29.8 Å². The van der Waals surface area contributed by atoms with Crippen molar-refractivity contribution in [1.82, 2.24) is 25.2 Å². The van der Waals surface area contributed by atoms with Crippen LogP contribution in [0, 0.1) is 0 Å². The van der Waals surface area contributed by atoms with Crippen LogP contribution >= 0.6 is 0 Å². The number of hydrogen-bond donors (Lipinski definition) is 1. The Morgan fingerprint density at radius 2 is 1.95 bits per heavy atom. The molecule has 8 heteroatoms. The van der Waals surface area contributed by atoms with E-state index >= 15 is 0 Å². The Balaban J connectivity index is 2.00. The molecule has 1 aromatic carbocycles. The summed E-state index contributed by atoms with van der Waals surface area (Å²) in [5.74, 6) is 6.28. The molecule has 0 radical (unpaired) electrons. The van der Waals surface area contributed by atoms with Gasteiger partial charge in [-0.15, -0.1) is 10.2 Å². The van der Waals surface area contributed by atoms with Crippen LogP contribution in [0.5, 0.6) is 0 Å². The van der Waals surface area contributed by atoms with E-state index in [1.54, 1.807) is 27.8 Å². The number of benzene rings is 1. The summed E-state index contributed by atoms with van der Waals surface area (Å²) in [6.07, 6.45) is -0.563. The van der Waals surface area contributed by atoms with Gasteiger partial charge in [-0.05, 0) is 31.5 Å². The van der Waals surface area contributed by atoms with Crippen molar-refractivity contribution in [2.45, 2.75) is 32.9 Å². The van der Waals surface area contributed by atoms with Gasteiger partial charge in [0.2, 0.25) is 5.82 Å². The van der Waals surface area contributed by atoms with Crippen molar-refractivity contribution >= 4 is 6.09 Å². The third-order valence-corrected chi connectivity index (χ3v) is 2.70. The van der Waals surface area contributed by atoms with Crippen LogP contribution in [-0.4, -0.2) is 36.9 Å². The van der Waals surface area contributed by atoms with E-state index in [0.717, 1.165) is 16.1 Å². The van der Waals surface area contributed by atoms with Crippen LogP contribution in [-0.2, 0) is 18.3 Å². The molecular formula is C14H20N6O2. The third kappa shape index (κ3) is 4.26. The number of nitrogens with two attached hydrogens (primary N) is 1. The maximum atomic E-state index is 11.8. The van der Waals surface area contributed by atoms with E-state index in [1.807, 2.05) is 24.3 Å². The summed E-state index contributed by atoms with van der Waals surface area (Å²) in [7, 11) is 1.71. The highest BCUT2D eigenvalue weighted by atomic mass is 16.6. The molecule has 2 aromatic rings. The summed E-state index contributed by atoms with van der Waals surface area (Å²) in [6, 6.07) is 7.43. The third-order valence-electron chi connectivity index (χ3n) is 2.70. The van der Waals surface area contributed by atoms with Crippen molar-refractivity contribution in [2.24, 2.45) is 12.9 Å². The van der Waals surface area contributed by atoms with Gasteiger partial charge in [0.15, 0.2) is 0 Å². The lowest BCUT2D eigenvalue weighted by molar-refractivity contribution is 0.0231. The molecule has 0 aliphatic rings. The van der Waals surface area contributed by atoms with E-state index in [1.165, 1.54) is 4.80 Å². The first-order chi connectivity index (χ1) is 10.2. The van der Waals surface area contributed by atoms with Crippen LogP contribution in [0.1, 0.15) is 26.3 Å². The Bertz CT molecular complexity index is 644. The number of rotatable bonds is 3. The second-order valence-electron chi connectivity index (χ2n) is 5.91. The SMILES string of the molecule is Cn1nnc(-c2ccc(CN(N)C(=O)OC(C)(C)C)cc2)n1. The average Bonchev–Trinajstić information content (AvgIpc) is 2.84. The van der Waals surface area contributed by atoms with E-state index in [4.69, 9.17) is 10.6 Å². The van der Waals surface area contributed by atoms with Gasteiger partial charge in [-0.25, -0.2) is 15.6 Å². The van der Waals surface area contributed by atoms with Crippen LogP contribution in [0.4, 0.5) is 4.79 Å². The Kier molecular flexibility index (Phi) is 4.41. The van der Waals surface area contributed by atoms with Crippen molar-refractivity contribution in [3.63, 3.8) is 0 Å². The van der Waals surface area contributed by atoms with Crippen LogP contribution < -0.4 is 5.84 Å². The second kappa shape index (κ2) is 6.10. The molecule has 0 saturated heterocycles. The lowest BCUT2D eigenvalue weighted by atomic mass is 10.1. The van der Waals surface area contributed by atoms with E-state index in [-0.39, 0.29) is 6.54 Å². The van der Waals surface area contributed by atoms with Gasteiger partial charge < -0.3 is 4.74 Å². The molecule has 0 atom stereocenters. The minimum Gasteiger partial charge on any atom is -0.443 e. The Morgan fingerprint density at radius 1 is 1.32 bits per heavy atom. The van der Waals surface area contributed by atoms with Gasteiger partial charge in [-0.3, -0.25) is 0 Å². The lowest BCUT2D eigenvalue weighted by Crippen LogP contribution is -2.40. The molecule has 22 heavy (non-hydrogen) atoms. The molecule has 0 fully saturated rings. The largest absolute Gasteiger partial charge is 0.443 e. The van der Waals surface area contributed by atoms with Gasteiger partial charge in [0.05, 0.1) is 13.6 Å². The quantitative estimate of drug-likeness (QED) is 0.524. The zero-order chi connectivity index (χ0) is 16.3. The number of hydrogen-bond acceptors (Lipinski definition) is 6. The number of tetrazole rings is 1. The molecule has 0 aliphatic heterocycles. The van der Waals surface area contributed by atoms with E-state index in [2.05, 4.69) is 15.4 Å². The molecule has 0 spiro atoms. The fourth-order valence-electron chi connectivity index (χ4n) is 1.74. The van der Waals surface area contributed by atoms with Crippen molar-refractivity contribution in [3.8, 4) is 11.4 Å². The van der Waals surface area contributed by atoms with Gasteiger partial charge in [0.1, 0.15) is 5.60 Å². The van der Waals surface area contributed by atoms with E-state index in [9.17, 15) is 4.79 Å². The standard InChI is InChI=1S/C14H20N6O2/c1-14(2,3)22-13(21)20(15)9-10-5-7-11(8-6-10)12-16-18-19(4)17-12/h5-8H,9,15H2,1-4H3. The fraction of sp³-hybridized carbons (Fsp3) is 0.429. The summed E-state index contributed by atoms with van der Waals surface area (Å²) < 4.78 is 5.20. The highest BCUT2D eigenvalue weighted by Gasteiger charge is 2.20. The number of nitrogens with zero attached hydrogens (tertiary/aromatic N) is 5. The first-order valence-electron chi connectivity index (χ1n) is 6.83. The molecule has 2 rings (SSSR count). The monoisotopic (exact) mass is 304 g/mol. The first-order valence-corrected chi connectivity index (χ1v) is 6.83. The van der Waals surface area contributed by atoms with Crippen LogP contribution in [0.3, 0.4) is 0 Å². The molecule has 0 unspecified atom stereocenters. The number of hydrazine groups is 1. The van der Waals surface area contributed by atoms with Crippen molar-refractivity contribution in [2.75, 3.05) is 0 Å². The number of carbonyl (C=O) groups excluding carboxylic acids is 1. The lowest BCUT2D eigenvalue weighted by Gasteiger charge is -2.24. The first kappa shape index (κ1) is 15.9. The average molecular weight is 304 g/mol. The molecule has 1 heterocycles. The molecule has 2 N–H and O–H groups in total. The van der Waals surface area contributed by atoms with Crippen molar-refractivity contribution in [1.29, 1.82) is 0 Å². The zero-order valence-corrected chi connectivity index (χ0v) is 13.1. The van der Waals surface area contributed by atoms with Crippen LogP contribution in [0.15, 0.2) is 24.3 Å². The summed E-state index contributed by atoms with van der Waals surface area (Å²) in [6.45, 7) is 5.63. The van der Waals surface area contributed by atoms with Gasteiger partial charge >= 0.3 is 6.09 Å². The predicted molar refractivity (Wildman–Crippen MR) is 80.2 cm³/mol. The van der Waals surface area contributed by atoms with E-state index in [0.29, 0.717) is 5.82 Å². The normalized spacial score (nSPS) is 11.3. The van der Waals surface area contributed by atoms with Gasteiger partial charge in [-0.2, -0.15) is 4.80 Å². The number of carbonyl (C=O) groups is 1. The molecule has 1 aromatic heterocycles. The number of aromatic nitrogens is 4. The zero-order valence-electron chi connectivity index (χ0n) is 13.1. The fourth-order valence-corrected chi connectivity index (χ4v) is 1.74. The maximum Gasteiger partial charge on any atom is 0.424 e. The number of ether oxygens (including phenoxy) is 1. The van der Waals surface area contributed by atoms with Crippen molar-refractivity contribution < 1.29 is 9.53 Å². The molecular weight excluding hydrogens is 284 g/mol. The summed E-state index contributed by atoms with van der Waals surface area (Å²) in [5.41, 5.74) is 1.15. The van der Waals surface area contributed by atoms with Gasteiger partial charge in [0.25, 0.3) is 0 Å². The number of aryl methyl sites for hydroxylation is 1. The Morgan fingerprint density at radius 3 is 2.45 bits per heavy atom. The molecule has 0 aliphatic carbocycles. The maximum absolute atomic E-state index is 11.8. The van der Waals surface area contributed by atoms with Gasteiger partial charge in [0, 0.05) is 5.56 Å². The molecule has 1 amide bonds. The van der Waals surface area contributed by atoms with Crippen LogP contribution in [0.25, 0.3) is 11.4 Å². The highest BCUT2D eigenvalue weighted by Crippen LogP contribution is 2.15. The Labute approximate surface area is 128 Å². The minimum absolute atomic E-state index is 0.253. The summed E-state index contributed by atoms with van der Waals surface area (Å²) >= 11 is 0. The number of amides is 1.